The summed E-state index contributed by atoms with van der Waals surface area (Å²) in [6.45, 7) is 0. The second-order valence-electron chi connectivity index (χ2n) is 7.19. The summed E-state index contributed by atoms with van der Waals surface area (Å²) in [6.07, 6.45) is 15.9. The molecule has 1 nitrogen and oxygen atoms in total. The summed E-state index contributed by atoms with van der Waals surface area (Å²) in [7, 11) is 0. The van der Waals surface area contributed by atoms with Crippen LogP contribution in [0.15, 0.2) is 30.3 Å². The Morgan fingerprint density at radius 1 is 1.00 bits per heavy atom. The number of benzene rings is 1. The van der Waals surface area contributed by atoms with Crippen LogP contribution >= 0.6 is 0 Å². The van der Waals surface area contributed by atoms with E-state index < -0.39 is 0 Å². The molecular weight excluding hydrogens is 242 g/mol. The number of hydrogen-bond donors (Lipinski definition) is 1. The van der Waals surface area contributed by atoms with Crippen LogP contribution in [0.2, 0.25) is 0 Å². The van der Waals surface area contributed by atoms with Crippen molar-refractivity contribution in [3.8, 4) is 5.92 Å². The first-order valence-electron chi connectivity index (χ1n) is 7.90. The topological polar surface area (TPSA) is 12.0 Å². The van der Waals surface area contributed by atoms with Gasteiger partial charge in [-0.25, -0.2) is 0 Å². The van der Waals surface area contributed by atoms with Crippen molar-refractivity contribution >= 4 is 0 Å². The van der Waals surface area contributed by atoms with E-state index in [1.807, 2.05) is 18.2 Å². The zero-order valence-electron chi connectivity index (χ0n) is 11.9. The van der Waals surface area contributed by atoms with Crippen molar-refractivity contribution in [2.45, 2.75) is 44.1 Å². The Bertz CT molecular complexity index is 489. The van der Waals surface area contributed by atoms with Gasteiger partial charge in [-0.15, -0.1) is 0 Å². The molecule has 1 heteroatoms. The molecule has 4 saturated carbocycles. The molecule has 0 aliphatic heterocycles. The summed E-state index contributed by atoms with van der Waals surface area (Å²) in [6, 6.07) is 11.1. The molecular formula is C19H21N. The van der Waals surface area contributed by atoms with Gasteiger partial charge < -0.3 is 0 Å². The minimum absolute atomic E-state index is 0.258. The molecule has 0 radical (unpaired) electrons. The fourth-order valence-electron chi connectivity index (χ4n) is 5.31. The summed E-state index contributed by atoms with van der Waals surface area (Å²) in [4.78, 5) is 0. The molecule has 0 saturated heterocycles. The van der Waals surface area contributed by atoms with E-state index in [4.69, 9.17) is 6.42 Å². The van der Waals surface area contributed by atoms with Gasteiger partial charge in [-0.05, 0) is 0 Å². The first kappa shape index (κ1) is 12.6. The molecule has 1 aromatic rings. The molecule has 4 bridgehead atoms. The molecule has 4 fully saturated rings. The van der Waals surface area contributed by atoms with Gasteiger partial charge in [0, 0.05) is 0 Å². The SMILES string of the molecule is [C+]#C[C-](NC12CC3CC(CC(C3)C1)C2)c1ccccc1. The maximum absolute atomic E-state index is 7.66. The summed E-state index contributed by atoms with van der Waals surface area (Å²) >= 11 is 0. The first-order chi connectivity index (χ1) is 9.76. The number of rotatable bonds is 3. The monoisotopic (exact) mass is 263 g/mol. The van der Waals surface area contributed by atoms with Crippen LogP contribution < -0.4 is 5.32 Å². The van der Waals surface area contributed by atoms with Crippen molar-refractivity contribution in [3.63, 3.8) is 0 Å². The van der Waals surface area contributed by atoms with Crippen LogP contribution in [-0.2, 0) is 0 Å². The first-order valence-corrected chi connectivity index (χ1v) is 7.90. The van der Waals surface area contributed by atoms with E-state index in [2.05, 4.69) is 23.4 Å². The maximum atomic E-state index is 7.66. The third kappa shape index (κ3) is 2.10. The van der Waals surface area contributed by atoms with E-state index in [1.54, 1.807) is 0 Å². The zero-order valence-corrected chi connectivity index (χ0v) is 11.9. The van der Waals surface area contributed by atoms with Crippen LogP contribution in [0, 0.1) is 36.1 Å². The average molecular weight is 263 g/mol. The van der Waals surface area contributed by atoms with Gasteiger partial charge in [0.05, 0.1) is 0 Å². The van der Waals surface area contributed by atoms with E-state index >= 15 is 0 Å². The quantitative estimate of drug-likeness (QED) is 0.647. The molecule has 102 valence electrons. The second kappa shape index (κ2) is 4.69. The van der Waals surface area contributed by atoms with Gasteiger partial charge in [0.1, 0.15) is 0 Å². The number of nitrogens with one attached hydrogen (secondary N) is 1. The van der Waals surface area contributed by atoms with Crippen molar-refractivity contribution in [1.29, 1.82) is 0 Å². The van der Waals surface area contributed by atoms with Gasteiger partial charge in [0.15, 0.2) is 0 Å². The van der Waals surface area contributed by atoms with E-state index in [9.17, 15) is 0 Å². The van der Waals surface area contributed by atoms with Crippen molar-refractivity contribution in [2.24, 2.45) is 17.8 Å². The predicted octanol–water partition coefficient (Wildman–Crippen LogP) is 3.71. The van der Waals surface area contributed by atoms with E-state index in [-0.39, 0.29) is 5.54 Å². The minimum atomic E-state index is 0.258. The van der Waals surface area contributed by atoms with E-state index in [1.165, 1.54) is 38.5 Å². The van der Waals surface area contributed by atoms with Crippen molar-refractivity contribution < 1.29 is 0 Å². The van der Waals surface area contributed by atoms with Gasteiger partial charge in [-0.2, -0.15) is 0 Å². The van der Waals surface area contributed by atoms with Crippen LogP contribution in [0.1, 0.15) is 44.1 Å². The summed E-state index contributed by atoms with van der Waals surface area (Å²) in [5.41, 5.74) is 1.35. The number of hydrogen-bond acceptors (Lipinski definition) is 1. The van der Waals surface area contributed by atoms with Gasteiger partial charge in [-0.3, -0.25) is 0 Å². The van der Waals surface area contributed by atoms with Crippen LogP contribution in [0.4, 0.5) is 0 Å². The Morgan fingerprint density at radius 3 is 2.05 bits per heavy atom. The van der Waals surface area contributed by atoms with Crippen LogP contribution in [0.3, 0.4) is 0 Å². The Kier molecular flexibility index (Phi) is 2.94. The third-order valence-electron chi connectivity index (χ3n) is 5.62. The van der Waals surface area contributed by atoms with E-state index in [0.717, 1.165) is 29.4 Å². The Labute approximate surface area is 122 Å². The van der Waals surface area contributed by atoms with Gasteiger partial charge in [0.2, 0.25) is 0 Å². The molecule has 0 unspecified atom stereocenters. The summed E-state index contributed by atoms with van der Waals surface area (Å²) in [5.74, 6) is 5.43. The summed E-state index contributed by atoms with van der Waals surface area (Å²) in [5, 5.41) is 3.75. The van der Waals surface area contributed by atoms with Gasteiger partial charge in [-0.1, -0.05) is 0 Å². The van der Waals surface area contributed by atoms with Crippen molar-refractivity contribution in [2.75, 3.05) is 0 Å². The summed E-state index contributed by atoms with van der Waals surface area (Å²) < 4.78 is 0. The predicted molar refractivity (Wildman–Crippen MR) is 80.0 cm³/mol. The standard InChI is InChI=1S/C19H21N/c1-2-18(17-6-4-3-5-7-17)20-19-11-14-8-15(12-19)10-16(9-14)13-19/h3-7,14-16,20H,8-13H2. The molecule has 1 N–H and O–H groups in total. The molecule has 20 heavy (non-hydrogen) atoms. The fourth-order valence-corrected chi connectivity index (χ4v) is 5.31. The van der Waals surface area contributed by atoms with E-state index in [0.29, 0.717) is 0 Å². The molecule has 1 aromatic carbocycles. The van der Waals surface area contributed by atoms with Crippen LogP contribution in [0.25, 0.3) is 0 Å². The third-order valence-corrected chi connectivity index (χ3v) is 5.62. The molecule has 0 amide bonds. The molecule has 0 heterocycles. The Morgan fingerprint density at radius 2 is 1.55 bits per heavy atom. The molecule has 0 spiro atoms. The Hall–Kier alpha value is -1.17. The zero-order chi connectivity index (χ0) is 13.6. The fraction of sp³-hybridized carbons (Fsp3) is 0.526. The van der Waals surface area contributed by atoms with Crippen molar-refractivity contribution in [3.05, 3.63) is 48.4 Å². The second-order valence-corrected chi connectivity index (χ2v) is 7.19. The molecule has 0 aromatic heterocycles. The van der Waals surface area contributed by atoms with Gasteiger partial charge >= 0.3 is 121 Å². The van der Waals surface area contributed by atoms with Gasteiger partial charge in [0.25, 0.3) is 0 Å². The van der Waals surface area contributed by atoms with Crippen molar-refractivity contribution in [1.82, 2.24) is 5.32 Å². The van der Waals surface area contributed by atoms with Crippen LogP contribution in [0.5, 0.6) is 0 Å². The van der Waals surface area contributed by atoms with Crippen LogP contribution in [-0.4, -0.2) is 5.54 Å². The molecule has 4 aliphatic rings. The Balaban J connectivity index is 1.57. The average Bonchev–Trinajstić information content (AvgIpc) is 2.44. The normalized spacial score (nSPS) is 37.8. The molecule has 0 atom stereocenters. The molecule has 4 aliphatic carbocycles. The molecule has 5 rings (SSSR count).